The molecule has 156 valence electrons. The number of aryl methyl sites for hydroxylation is 1. The number of carbonyl (C=O) groups is 2. The number of carbonyl (C=O) groups excluding carboxylic acids is 2. The highest BCUT2D eigenvalue weighted by Gasteiger charge is 2.15. The van der Waals surface area contributed by atoms with Crippen LogP contribution in [0.2, 0.25) is 0 Å². The molecule has 0 aliphatic carbocycles. The highest BCUT2D eigenvalue weighted by Crippen LogP contribution is 2.20. The number of esters is 1. The molecule has 8 nitrogen and oxygen atoms in total. The molecule has 9 heteroatoms. The molecule has 0 saturated carbocycles. The Kier molecular flexibility index (Phi) is 7.45. The molecule has 2 aromatic carbocycles. The Balaban J connectivity index is 1.50. The van der Waals surface area contributed by atoms with Gasteiger partial charge >= 0.3 is 5.97 Å². The Morgan fingerprint density at radius 3 is 2.77 bits per heavy atom. The maximum Gasteiger partial charge on any atom is 0.340 e. The molecule has 3 aromatic rings. The van der Waals surface area contributed by atoms with Crippen LogP contribution in [0.3, 0.4) is 0 Å². The van der Waals surface area contributed by atoms with Crippen LogP contribution >= 0.6 is 11.8 Å². The number of nitrogens with one attached hydrogen (secondary N) is 1. The number of ether oxygens (including phenoxy) is 2. The maximum atomic E-state index is 12.3. The van der Waals surface area contributed by atoms with Gasteiger partial charge in [0.15, 0.2) is 6.61 Å². The van der Waals surface area contributed by atoms with Crippen molar-refractivity contribution in [2.24, 2.45) is 0 Å². The molecule has 0 spiro atoms. The molecule has 1 heterocycles. The Hall–Kier alpha value is -3.33. The predicted octanol–water partition coefficient (Wildman–Crippen LogP) is 3.86. The van der Waals surface area contributed by atoms with E-state index in [4.69, 9.17) is 13.9 Å². The quantitative estimate of drug-likeness (QED) is 0.405. The average Bonchev–Trinajstić information content (AvgIpc) is 3.19. The van der Waals surface area contributed by atoms with Crippen molar-refractivity contribution in [2.75, 3.05) is 17.7 Å². The number of nitrogens with zero attached hydrogens (tertiary/aromatic N) is 2. The fraction of sp³-hybridized carbons (Fsp3) is 0.238. The second-order valence-electron chi connectivity index (χ2n) is 6.17. The van der Waals surface area contributed by atoms with E-state index >= 15 is 0 Å². The number of para-hydroxylation sites is 1. The lowest BCUT2D eigenvalue weighted by atomic mass is 10.2. The fourth-order valence-corrected chi connectivity index (χ4v) is 3.08. The van der Waals surface area contributed by atoms with Crippen molar-refractivity contribution in [2.45, 2.75) is 25.7 Å². The van der Waals surface area contributed by atoms with E-state index in [0.29, 0.717) is 22.9 Å². The normalized spacial score (nSPS) is 10.5. The minimum Gasteiger partial charge on any atom is -0.484 e. The maximum absolute atomic E-state index is 12.3. The third-order valence-corrected chi connectivity index (χ3v) is 4.64. The monoisotopic (exact) mass is 427 g/mol. The largest absolute Gasteiger partial charge is 0.484 e. The van der Waals surface area contributed by atoms with Crippen molar-refractivity contribution < 1.29 is 23.5 Å². The summed E-state index contributed by atoms with van der Waals surface area (Å²) in [6.07, 6.45) is 0. The van der Waals surface area contributed by atoms with Crippen molar-refractivity contribution in [1.82, 2.24) is 10.2 Å². The van der Waals surface area contributed by atoms with Gasteiger partial charge < -0.3 is 19.2 Å². The van der Waals surface area contributed by atoms with E-state index in [1.54, 1.807) is 31.2 Å². The van der Waals surface area contributed by atoms with E-state index in [0.717, 1.165) is 17.3 Å². The smallest absolute Gasteiger partial charge is 0.340 e. The van der Waals surface area contributed by atoms with Crippen LogP contribution in [-0.4, -0.2) is 34.4 Å². The van der Waals surface area contributed by atoms with Gasteiger partial charge in [-0.1, -0.05) is 36.0 Å². The summed E-state index contributed by atoms with van der Waals surface area (Å²) in [7, 11) is 0. The summed E-state index contributed by atoms with van der Waals surface area (Å²) < 4.78 is 16.1. The van der Waals surface area contributed by atoms with Crippen LogP contribution in [0.15, 0.2) is 58.2 Å². The van der Waals surface area contributed by atoms with Gasteiger partial charge in [0.1, 0.15) is 5.75 Å². The molecule has 0 saturated heterocycles. The van der Waals surface area contributed by atoms with Gasteiger partial charge in [-0.2, -0.15) is 0 Å². The minimum absolute atomic E-state index is 0.0392. The summed E-state index contributed by atoms with van der Waals surface area (Å²) in [5, 5.41) is 10.8. The molecular weight excluding hydrogens is 406 g/mol. The Labute approximate surface area is 178 Å². The van der Waals surface area contributed by atoms with Gasteiger partial charge in [-0.15, -0.1) is 10.2 Å². The van der Waals surface area contributed by atoms with Crippen molar-refractivity contribution in [3.05, 3.63) is 65.5 Å². The van der Waals surface area contributed by atoms with Gasteiger partial charge in [0.25, 0.3) is 11.1 Å². The van der Waals surface area contributed by atoms with Gasteiger partial charge in [0.05, 0.1) is 23.6 Å². The summed E-state index contributed by atoms with van der Waals surface area (Å²) in [4.78, 5) is 24.3. The molecule has 0 aliphatic heterocycles. The zero-order valence-electron chi connectivity index (χ0n) is 16.6. The van der Waals surface area contributed by atoms with Crippen LogP contribution in [-0.2, 0) is 16.1 Å². The van der Waals surface area contributed by atoms with Crippen LogP contribution in [0.4, 0.5) is 5.69 Å². The number of hydrogen-bond acceptors (Lipinski definition) is 8. The first kappa shape index (κ1) is 21.4. The number of benzene rings is 2. The number of thioether (sulfide) groups is 1. The Morgan fingerprint density at radius 1 is 1.13 bits per heavy atom. The second-order valence-corrected chi connectivity index (χ2v) is 7.10. The summed E-state index contributed by atoms with van der Waals surface area (Å²) in [6.45, 7) is 4.09. The minimum atomic E-state index is -0.490. The average molecular weight is 427 g/mol. The molecule has 0 atom stereocenters. The molecule has 0 aliphatic rings. The molecule has 0 unspecified atom stereocenters. The van der Waals surface area contributed by atoms with Gasteiger partial charge in [0, 0.05) is 0 Å². The number of hydrogen-bond donors (Lipinski definition) is 1. The van der Waals surface area contributed by atoms with Crippen molar-refractivity contribution >= 4 is 29.3 Å². The fourth-order valence-electron chi connectivity index (χ4n) is 2.50. The van der Waals surface area contributed by atoms with Crippen molar-refractivity contribution in [3.8, 4) is 5.75 Å². The van der Waals surface area contributed by atoms with Gasteiger partial charge in [-0.05, 0) is 43.7 Å². The van der Waals surface area contributed by atoms with E-state index in [2.05, 4.69) is 15.5 Å². The summed E-state index contributed by atoms with van der Waals surface area (Å²) in [5.74, 6) is 0.259. The topological polar surface area (TPSA) is 104 Å². The first-order valence-electron chi connectivity index (χ1n) is 9.26. The lowest BCUT2D eigenvalue weighted by Crippen LogP contribution is -2.17. The zero-order chi connectivity index (χ0) is 21.3. The number of rotatable bonds is 9. The predicted molar refractivity (Wildman–Crippen MR) is 112 cm³/mol. The van der Waals surface area contributed by atoms with Crippen LogP contribution in [0, 0.1) is 6.92 Å². The van der Waals surface area contributed by atoms with Crippen LogP contribution in [0.5, 0.6) is 5.75 Å². The lowest BCUT2D eigenvalue weighted by Gasteiger charge is -2.09. The Morgan fingerprint density at radius 2 is 1.97 bits per heavy atom. The molecule has 1 N–H and O–H groups in total. The molecule has 1 amide bonds. The first-order chi connectivity index (χ1) is 14.5. The lowest BCUT2D eigenvalue weighted by molar-refractivity contribution is -0.113. The van der Waals surface area contributed by atoms with E-state index < -0.39 is 5.97 Å². The van der Waals surface area contributed by atoms with Gasteiger partial charge in [-0.3, -0.25) is 4.79 Å². The van der Waals surface area contributed by atoms with E-state index in [-0.39, 0.29) is 30.1 Å². The van der Waals surface area contributed by atoms with Crippen LogP contribution < -0.4 is 10.1 Å². The molecule has 30 heavy (non-hydrogen) atoms. The highest BCUT2D eigenvalue weighted by molar-refractivity contribution is 7.99. The molecular formula is C21H21N3O5S. The SMILES string of the molecule is CCOC(=O)c1ccccc1NC(=O)CSc1nnc(COc2cccc(C)c2)o1. The van der Waals surface area contributed by atoms with E-state index in [9.17, 15) is 9.59 Å². The van der Waals surface area contributed by atoms with E-state index in [1.165, 1.54) is 0 Å². The van der Waals surface area contributed by atoms with Crippen molar-refractivity contribution in [1.29, 1.82) is 0 Å². The summed E-state index contributed by atoms with van der Waals surface area (Å²) in [6, 6.07) is 14.3. The molecule has 3 rings (SSSR count). The molecule has 0 bridgehead atoms. The number of aromatic nitrogens is 2. The van der Waals surface area contributed by atoms with Crippen molar-refractivity contribution in [3.63, 3.8) is 0 Å². The molecule has 0 fully saturated rings. The van der Waals surface area contributed by atoms with Gasteiger partial charge in [-0.25, -0.2) is 4.79 Å². The number of anilines is 1. The van der Waals surface area contributed by atoms with Crippen LogP contribution in [0.1, 0.15) is 28.7 Å². The Bertz CT molecular complexity index is 1020. The third kappa shape index (κ3) is 6.08. The second kappa shape index (κ2) is 10.4. The number of amides is 1. The van der Waals surface area contributed by atoms with Crippen LogP contribution in [0.25, 0.3) is 0 Å². The van der Waals surface area contributed by atoms with E-state index in [1.807, 2.05) is 31.2 Å². The first-order valence-corrected chi connectivity index (χ1v) is 10.2. The molecule has 0 radical (unpaired) electrons. The summed E-state index contributed by atoms with van der Waals surface area (Å²) >= 11 is 1.09. The summed E-state index contributed by atoms with van der Waals surface area (Å²) in [5.41, 5.74) is 1.77. The van der Waals surface area contributed by atoms with Gasteiger partial charge in [0.2, 0.25) is 5.91 Å². The molecule has 1 aromatic heterocycles. The standard InChI is InChI=1S/C21H21N3O5S/c1-3-27-20(26)16-9-4-5-10-17(16)22-18(25)13-30-21-24-23-19(29-21)12-28-15-8-6-7-14(2)11-15/h4-11H,3,12-13H2,1-2H3,(H,22,25). The zero-order valence-corrected chi connectivity index (χ0v) is 17.4. The highest BCUT2D eigenvalue weighted by atomic mass is 32.2. The third-order valence-electron chi connectivity index (χ3n) is 3.82.